The quantitative estimate of drug-likeness (QED) is 0.732. The third-order valence-electron chi connectivity index (χ3n) is 3.94. The molecule has 1 aromatic carbocycles. The van der Waals surface area contributed by atoms with E-state index in [0.29, 0.717) is 31.4 Å². The molecule has 2 heterocycles. The molecule has 0 spiro atoms. The van der Waals surface area contributed by atoms with Gasteiger partial charge in [0.05, 0.1) is 6.20 Å². The van der Waals surface area contributed by atoms with Crippen molar-refractivity contribution in [3.8, 4) is 0 Å². The van der Waals surface area contributed by atoms with Gasteiger partial charge in [-0.25, -0.2) is 5.10 Å². The maximum absolute atomic E-state index is 12.2. The molecule has 1 amide bonds. The number of aromatic nitrogens is 3. The monoisotopic (exact) mass is 312 g/mol. The van der Waals surface area contributed by atoms with Crippen LogP contribution in [0.5, 0.6) is 0 Å². The van der Waals surface area contributed by atoms with Gasteiger partial charge in [-0.05, 0) is 18.9 Å². The number of para-hydroxylation sites is 1. The van der Waals surface area contributed by atoms with E-state index in [2.05, 4.69) is 15.5 Å². The number of H-pyrrole nitrogens is 1. The Morgan fingerprint density at radius 2 is 2.13 bits per heavy atom. The van der Waals surface area contributed by atoms with Gasteiger partial charge in [-0.1, -0.05) is 25.1 Å². The summed E-state index contributed by atoms with van der Waals surface area (Å²) in [4.78, 5) is 23.9. The summed E-state index contributed by atoms with van der Waals surface area (Å²) in [5.41, 5.74) is 1.42. The molecule has 0 radical (unpaired) electrons. The maximum atomic E-state index is 12.2. The lowest BCUT2D eigenvalue weighted by Crippen LogP contribution is -2.24. The number of carbonyl (C=O) groups is 1. The Morgan fingerprint density at radius 1 is 1.30 bits per heavy atom. The molecule has 0 unspecified atom stereocenters. The van der Waals surface area contributed by atoms with Crippen LogP contribution in [0.25, 0.3) is 21.8 Å². The average molecular weight is 312 g/mol. The van der Waals surface area contributed by atoms with E-state index in [-0.39, 0.29) is 11.5 Å². The molecule has 0 aliphatic heterocycles. The lowest BCUT2D eigenvalue weighted by molar-refractivity contribution is -0.121. The Labute approximate surface area is 133 Å². The van der Waals surface area contributed by atoms with Gasteiger partial charge in [0, 0.05) is 35.8 Å². The lowest BCUT2D eigenvalue weighted by atomic mass is 10.2. The van der Waals surface area contributed by atoms with E-state index in [9.17, 15) is 9.59 Å². The first kappa shape index (κ1) is 15.3. The first-order chi connectivity index (χ1) is 11.2. The van der Waals surface area contributed by atoms with Crippen LogP contribution in [-0.2, 0) is 11.3 Å². The summed E-state index contributed by atoms with van der Waals surface area (Å²) in [6.07, 6.45) is 3.76. The fraction of sp³-hybridized carbons (Fsp3) is 0.353. The molecule has 6 heteroatoms. The molecule has 0 aliphatic carbocycles. The van der Waals surface area contributed by atoms with E-state index in [0.717, 1.165) is 22.7 Å². The fourth-order valence-electron chi connectivity index (χ4n) is 2.90. The zero-order chi connectivity index (χ0) is 16.2. The number of hydrogen-bond donors (Lipinski definition) is 2. The standard InChI is InChI=1S/C17H20N4O2/c1-2-9-18-15(22)8-5-10-21-14-7-4-3-6-12(14)13-11-19-20-17(23)16(13)21/h3-4,6-7,11H,2,5,8-10H2,1H3,(H,18,22)(H,20,23). The van der Waals surface area contributed by atoms with Crippen LogP contribution >= 0.6 is 0 Å². The smallest absolute Gasteiger partial charge is 0.288 e. The Kier molecular flexibility index (Phi) is 4.41. The van der Waals surface area contributed by atoms with Gasteiger partial charge in [0.1, 0.15) is 5.52 Å². The van der Waals surface area contributed by atoms with Crippen LogP contribution in [0.2, 0.25) is 0 Å². The minimum Gasteiger partial charge on any atom is -0.356 e. The van der Waals surface area contributed by atoms with Crippen LogP contribution in [0.3, 0.4) is 0 Å². The summed E-state index contributed by atoms with van der Waals surface area (Å²) in [5.74, 6) is 0.0585. The van der Waals surface area contributed by atoms with Crippen molar-refractivity contribution in [1.82, 2.24) is 20.1 Å². The van der Waals surface area contributed by atoms with Gasteiger partial charge in [-0.15, -0.1) is 0 Å². The van der Waals surface area contributed by atoms with Crippen LogP contribution in [0, 0.1) is 0 Å². The van der Waals surface area contributed by atoms with Crippen molar-refractivity contribution >= 4 is 27.7 Å². The highest BCUT2D eigenvalue weighted by molar-refractivity contribution is 6.07. The lowest BCUT2D eigenvalue weighted by Gasteiger charge is -2.07. The van der Waals surface area contributed by atoms with Gasteiger partial charge in [-0.2, -0.15) is 5.10 Å². The molecule has 2 N–H and O–H groups in total. The second kappa shape index (κ2) is 6.64. The number of nitrogens with one attached hydrogen (secondary N) is 2. The fourth-order valence-corrected chi connectivity index (χ4v) is 2.90. The van der Waals surface area contributed by atoms with Gasteiger partial charge >= 0.3 is 0 Å². The molecule has 0 aliphatic rings. The number of rotatable bonds is 6. The molecule has 3 aromatic rings. The number of aromatic amines is 1. The Morgan fingerprint density at radius 3 is 2.96 bits per heavy atom. The molecule has 0 saturated carbocycles. The van der Waals surface area contributed by atoms with Crippen molar-refractivity contribution in [1.29, 1.82) is 0 Å². The molecule has 23 heavy (non-hydrogen) atoms. The van der Waals surface area contributed by atoms with Crippen molar-refractivity contribution in [2.75, 3.05) is 6.54 Å². The van der Waals surface area contributed by atoms with E-state index in [4.69, 9.17) is 0 Å². The van der Waals surface area contributed by atoms with Crippen LogP contribution in [0.15, 0.2) is 35.3 Å². The number of carbonyl (C=O) groups excluding carboxylic acids is 1. The second-order valence-corrected chi connectivity index (χ2v) is 5.58. The van der Waals surface area contributed by atoms with Crippen LogP contribution in [0.1, 0.15) is 26.2 Å². The SMILES string of the molecule is CCCNC(=O)CCCn1c2ccccc2c2cn[nH]c(=O)c21. The predicted octanol–water partition coefficient (Wildman–Crippen LogP) is 2.18. The van der Waals surface area contributed by atoms with E-state index in [1.54, 1.807) is 6.20 Å². The van der Waals surface area contributed by atoms with E-state index >= 15 is 0 Å². The van der Waals surface area contributed by atoms with E-state index in [1.807, 2.05) is 35.8 Å². The Hall–Kier alpha value is -2.63. The average Bonchev–Trinajstić information content (AvgIpc) is 2.89. The molecule has 0 bridgehead atoms. The third-order valence-corrected chi connectivity index (χ3v) is 3.94. The third kappa shape index (κ3) is 2.97. The highest BCUT2D eigenvalue weighted by Gasteiger charge is 2.13. The van der Waals surface area contributed by atoms with Gasteiger partial charge in [0.2, 0.25) is 5.91 Å². The topological polar surface area (TPSA) is 79.8 Å². The maximum Gasteiger partial charge on any atom is 0.288 e. The van der Waals surface area contributed by atoms with Gasteiger partial charge in [0.15, 0.2) is 0 Å². The molecule has 0 fully saturated rings. The molecule has 3 rings (SSSR count). The van der Waals surface area contributed by atoms with Crippen LogP contribution in [-0.4, -0.2) is 27.2 Å². The molecule has 120 valence electrons. The normalized spacial score (nSPS) is 11.2. The second-order valence-electron chi connectivity index (χ2n) is 5.58. The number of hydrogen-bond acceptors (Lipinski definition) is 3. The van der Waals surface area contributed by atoms with Crippen LogP contribution < -0.4 is 10.9 Å². The van der Waals surface area contributed by atoms with Crippen molar-refractivity contribution in [3.63, 3.8) is 0 Å². The van der Waals surface area contributed by atoms with Crippen molar-refractivity contribution in [2.45, 2.75) is 32.7 Å². The molecule has 0 saturated heterocycles. The molecule has 2 aromatic heterocycles. The number of aryl methyl sites for hydroxylation is 1. The van der Waals surface area contributed by atoms with E-state index in [1.165, 1.54) is 0 Å². The highest BCUT2D eigenvalue weighted by atomic mass is 16.1. The number of benzene rings is 1. The van der Waals surface area contributed by atoms with Gasteiger partial charge in [-0.3, -0.25) is 9.59 Å². The predicted molar refractivity (Wildman–Crippen MR) is 90.4 cm³/mol. The zero-order valence-corrected chi connectivity index (χ0v) is 13.1. The summed E-state index contributed by atoms with van der Waals surface area (Å²) in [7, 11) is 0. The van der Waals surface area contributed by atoms with Crippen molar-refractivity contribution in [3.05, 3.63) is 40.8 Å². The van der Waals surface area contributed by atoms with Gasteiger partial charge < -0.3 is 9.88 Å². The zero-order valence-electron chi connectivity index (χ0n) is 13.1. The summed E-state index contributed by atoms with van der Waals surface area (Å²) in [6, 6.07) is 7.88. The summed E-state index contributed by atoms with van der Waals surface area (Å²) in [5, 5.41) is 11.1. The molecular weight excluding hydrogens is 292 g/mol. The summed E-state index contributed by atoms with van der Waals surface area (Å²) < 4.78 is 1.98. The number of fused-ring (bicyclic) bond motifs is 3. The Bertz CT molecular complexity index is 894. The number of nitrogens with zero attached hydrogens (tertiary/aromatic N) is 2. The van der Waals surface area contributed by atoms with E-state index < -0.39 is 0 Å². The van der Waals surface area contributed by atoms with Crippen molar-refractivity contribution in [2.24, 2.45) is 0 Å². The van der Waals surface area contributed by atoms with Gasteiger partial charge in [0.25, 0.3) is 5.56 Å². The highest BCUT2D eigenvalue weighted by Crippen LogP contribution is 2.26. The molecule has 0 atom stereocenters. The Balaban J connectivity index is 1.90. The molecular formula is C17H20N4O2. The number of amides is 1. The minimum absolute atomic E-state index is 0.0585. The first-order valence-corrected chi connectivity index (χ1v) is 7.93. The summed E-state index contributed by atoms with van der Waals surface area (Å²) >= 11 is 0. The largest absolute Gasteiger partial charge is 0.356 e. The molecule has 6 nitrogen and oxygen atoms in total. The summed E-state index contributed by atoms with van der Waals surface area (Å²) in [6.45, 7) is 3.36. The minimum atomic E-state index is -0.200. The first-order valence-electron chi connectivity index (χ1n) is 7.93. The van der Waals surface area contributed by atoms with Crippen LogP contribution in [0.4, 0.5) is 0 Å². The van der Waals surface area contributed by atoms with Crippen molar-refractivity contribution < 1.29 is 4.79 Å².